The van der Waals surface area contributed by atoms with Crippen molar-refractivity contribution >= 4 is 18.0 Å². The predicted molar refractivity (Wildman–Crippen MR) is 108 cm³/mol. The van der Waals surface area contributed by atoms with Crippen molar-refractivity contribution in [2.24, 2.45) is 0 Å². The minimum atomic E-state index is -0.399. The Labute approximate surface area is 169 Å². The van der Waals surface area contributed by atoms with Gasteiger partial charge in [0, 0.05) is 24.4 Å². The highest BCUT2D eigenvalue weighted by atomic mass is 16.5. The predicted octanol–water partition coefficient (Wildman–Crippen LogP) is 2.72. The van der Waals surface area contributed by atoms with Crippen molar-refractivity contribution in [2.75, 3.05) is 13.7 Å². The quantitative estimate of drug-likeness (QED) is 0.729. The zero-order valence-corrected chi connectivity index (χ0v) is 16.7. The summed E-state index contributed by atoms with van der Waals surface area (Å²) in [6, 6.07) is 7.99. The van der Waals surface area contributed by atoms with Gasteiger partial charge in [0.1, 0.15) is 5.75 Å². The van der Waals surface area contributed by atoms with Crippen molar-refractivity contribution in [3.8, 4) is 5.75 Å². The molecule has 0 saturated carbocycles. The van der Waals surface area contributed by atoms with Crippen LogP contribution in [-0.2, 0) is 22.5 Å². The van der Waals surface area contributed by atoms with Gasteiger partial charge in [-0.2, -0.15) is 5.10 Å². The molecule has 7 heteroatoms. The number of ether oxygens (including phenoxy) is 2. The molecular formula is C22H25N3O4. The third kappa shape index (κ3) is 4.04. The minimum Gasteiger partial charge on any atom is -0.497 e. The molecule has 2 aliphatic rings. The minimum absolute atomic E-state index is 0.115. The number of nitrogens with one attached hydrogen (secondary N) is 1. The lowest BCUT2D eigenvalue weighted by atomic mass is 10.0. The maximum absolute atomic E-state index is 12.4. The molecule has 1 atom stereocenters. The Bertz CT molecular complexity index is 959. The van der Waals surface area contributed by atoms with Crippen LogP contribution in [0.5, 0.6) is 5.75 Å². The summed E-state index contributed by atoms with van der Waals surface area (Å²) in [5.74, 6) is 0.516. The summed E-state index contributed by atoms with van der Waals surface area (Å²) < 4.78 is 12.3. The molecule has 1 saturated heterocycles. The van der Waals surface area contributed by atoms with Gasteiger partial charge in [0.15, 0.2) is 5.69 Å². The van der Waals surface area contributed by atoms with E-state index in [1.807, 2.05) is 35.0 Å². The van der Waals surface area contributed by atoms with Crippen molar-refractivity contribution in [1.82, 2.24) is 15.1 Å². The standard InChI is InChI=1S/C22H25N3O4/c1-3-29-22(27)21-18-11-15(10-16-6-9-20(26)23-16)12-19(18)25(24-21)13-14-4-7-17(28-2)8-5-14/h4-5,7-8,11,16H,3,6,9-10,12-13H2,1-2H3,(H,23,26)/t16-/m0/s1. The SMILES string of the molecule is CCOC(=O)c1nn(Cc2ccc(OC)cc2)c2c1C=C(C[C@@H]1CCC(=O)N1)C2. The fourth-order valence-electron chi connectivity index (χ4n) is 3.98. The molecule has 0 unspecified atom stereocenters. The molecule has 1 aliphatic heterocycles. The first-order chi connectivity index (χ1) is 14.1. The fraction of sp³-hybridized carbons (Fsp3) is 0.409. The molecule has 1 aromatic carbocycles. The number of carbonyl (C=O) groups excluding carboxylic acids is 2. The van der Waals surface area contributed by atoms with Gasteiger partial charge in [-0.1, -0.05) is 23.8 Å². The lowest BCUT2D eigenvalue weighted by Gasteiger charge is -2.12. The number of esters is 1. The molecule has 1 aromatic heterocycles. The monoisotopic (exact) mass is 395 g/mol. The fourth-order valence-corrected chi connectivity index (χ4v) is 3.98. The van der Waals surface area contributed by atoms with Gasteiger partial charge in [-0.25, -0.2) is 4.79 Å². The van der Waals surface area contributed by atoms with Crippen LogP contribution in [0.3, 0.4) is 0 Å². The molecule has 0 radical (unpaired) electrons. The molecule has 1 N–H and O–H groups in total. The Morgan fingerprint density at radius 3 is 2.76 bits per heavy atom. The molecular weight excluding hydrogens is 370 g/mol. The third-order valence-corrected chi connectivity index (χ3v) is 5.40. The first-order valence-electron chi connectivity index (χ1n) is 9.96. The number of amides is 1. The summed E-state index contributed by atoms with van der Waals surface area (Å²) in [6.45, 7) is 2.66. The van der Waals surface area contributed by atoms with Gasteiger partial charge in [-0.15, -0.1) is 0 Å². The van der Waals surface area contributed by atoms with Crippen LogP contribution in [0.15, 0.2) is 29.8 Å². The molecule has 2 aromatic rings. The topological polar surface area (TPSA) is 82.4 Å². The van der Waals surface area contributed by atoms with E-state index in [-0.39, 0.29) is 11.9 Å². The van der Waals surface area contributed by atoms with Gasteiger partial charge in [0.05, 0.1) is 26.0 Å². The second kappa shape index (κ2) is 8.11. The number of fused-ring (bicyclic) bond motifs is 1. The number of hydrogen-bond donors (Lipinski definition) is 1. The van der Waals surface area contributed by atoms with Gasteiger partial charge in [-0.05, 0) is 37.5 Å². The van der Waals surface area contributed by atoms with Crippen molar-refractivity contribution < 1.29 is 19.1 Å². The number of methoxy groups -OCH3 is 1. The van der Waals surface area contributed by atoms with E-state index >= 15 is 0 Å². The van der Waals surface area contributed by atoms with Crippen molar-refractivity contribution in [2.45, 2.75) is 45.2 Å². The molecule has 29 heavy (non-hydrogen) atoms. The Morgan fingerprint density at radius 1 is 1.31 bits per heavy atom. The average molecular weight is 395 g/mol. The highest BCUT2D eigenvalue weighted by Gasteiger charge is 2.30. The lowest BCUT2D eigenvalue weighted by molar-refractivity contribution is -0.119. The highest BCUT2D eigenvalue weighted by Crippen LogP contribution is 2.32. The van der Waals surface area contributed by atoms with E-state index in [0.717, 1.165) is 41.8 Å². The number of nitrogens with zero attached hydrogens (tertiary/aromatic N) is 2. The summed E-state index contributed by atoms with van der Waals surface area (Å²) in [5.41, 5.74) is 4.50. The first-order valence-corrected chi connectivity index (χ1v) is 9.96. The third-order valence-electron chi connectivity index (χ3n) is 5.40. The van der Waals surface area contributed by atoms with Crippen molar-refractivity contribution in [3.63, 3.8) is 0 Å². The van der Waals surface area contributed by atoms with E-state index in [1.165, 1.54) is 5.57 Å². The number of benzene rings is 1. The summed E-state index contributed by atoms with van der Waals surface area (Å²) >= 11 is 0. The van der Waals surface area contributed by atoms with Gasteiger partial charge in [0.25, 0.3) is 0 Å². The molecule has 0 bridgehead atoms. The van der Waals surface area contributed by atoms with Gasteiger partial charge in [0.2, 0.25) is 5.91 Å². The zero-order valence-electron chi connectivity index (χ0n) is 16.7. The summed E-state index contributed by atoms with van der Waals surface area (Å²) in [4.78, 5) is 23.9. The van der Waals surface area contributed by atoms with E-state index < -0.39 is 5.97 Å². The van der Waals surface area contributed by atoms with Crippen LogP contribution in [0.1, 0.15) is 53.5 Å². The number of hydrogen-bond acceptors (Lipinski definition) is 5. The molecule has 1 aliphatic carbocycles. The van der Waals surface area contributed by atoms with E-state index in [9.17, 15) is 9.59 Å². The molecule has 0 spiro atoms. The molecule has 2 heterocycles. The number of aromatic nitrogens is 2. The average Bonchev–Trinajstić information content (AvgIpc) is 3.39. The summed E-state index contributed by atoms with van der Waals surface area (Å²) in [7, 11) is 1.64. The second-order valence-electron chi connectivity index (χ2n) is 7.42. The molecule has 1 fully saturated rings. The highest BCUT2D eigenvalue weighted by molar-refractivity contribution is 5.93. The normalized spacial score (nSPS) is 17.7. The Hall–Kier alpha value is -3.09. The Balaban J connectivity index is 1.58. The van der Waals surface area contributed by atoms with Gasteiger partial charge in [-0.3, -0.25) is 9.48 Å². The van der Waals surface area contributed by atoms with E-state index in [4.69, 9.17) is 9.47 Å². The molecule has 4 rings (SSSR count). The first kappa shape index (κ1) is 19.2. The Kier molecular flexibility index (Phi) is 5.38. The lowest BCUT2D eigenvalue weighted by Crippen LogP contribution is -2.25. The van der Waals surface area contributed by atoms with Crippen molar-refractivity contribution in [1.29, 1.82) is 0 Å². The van der Waals surface area contributed by atoms with E-state index in [2.05, 4.69) is 10.4 Å². The van der Waals surface area contributed by atoms with Crippen LogP contribution in [0.2, 0.25) is 0 Å². The maximum atomic E-state index is 12.4. The van der Waals surface area contributed by atoms with Crippen LogP contribution < -0.4 is 10.1 Å². The van der Waals surface area contributed by atoms with Crippen LogP contribution >= 0.6 is 0 Å². The summed E-state index contributed by atoms with van der Waals surface area (Å²) in [6.07, 6.45) is 5.01. The summed E-state index contributed by atoms with van der Waals surface area (Å²) in [5, 5.41) is 7.58. The van der Waals surface area contributed by atoms with Gasteiger partial charge < -0.3 is 14.8 Å². The van der Waals surface area contributed by atoms with Crippen LogP contribution in [0.4, 0.5) is 0 Å². The maximum Gasteiger partial charge on any atom is 0.359 e. The number of carbonyl (C=O) groups is 2. The van der Waals surface area contributed by atoms with Crippen LogP contribution in [-0.4, -0.2) is 41.4 Å². The molecule has 152 valence electrons. The molecule has 7 nitrogen and oxygen atoms in total. The Morgan fingerprint density at radius 2 is 2.10 bits per heavy atom. The second-order valence-corrected chi connectivity index (χ2v) is 7.42. The number of rotatable bonds is 7. The van der Waals surface area contributed by atoms with Gasteiger partial charge >= 0.3 is 5.97 Å². The van der Waals surface area contributed by atoms with E-state index in [1.54, 1.807) is 14.0 Å². The smallest absolute Gasteiger partial charge is 0.359 e. The molecule has 1 amide bonds. The van der Waals surface area contributed by atoms with Crippen LogP contribution in [0, 0.1) is 0 Å². The van der Waals surface area contributed by atoms with Crippen LogP contribution in [0.25, 0.3) is 6.08 Å². The van der Waals surface area contributed by atoms with Crippen molar-refractivity contribution in [3.05, 3.63) is 52.4 Å². The largest absolute Gasteiger partial charge is 0.497 e. The van der Waals surface area contributed by atoms with E-state index in [0.29, 0.717) is 25.3 Å². The zero-order chi connectivity index (χ0) is 20.4.